The monoisotopic (exact) mass is 421 g/mol. The van der Waals surface area contributed by atoms with Gasteiger partial charge in [-0.05, 0) is 48.9 Å². The lowest BCUT2D eigenvalue weighted by Gasteiger charge is -2.24. The predicted octanol–water partition coefficient (Wildman–Crippen LogP) is 4.04. The smallest absolute Gasteiger partial charge is 0.248 e. The Balaban J connectivity index is 1.28. The SMILES string of the molecule is COc1ccccc1C1CC1C(=O)N1CCCC1C(=O)Nc1nc2ccccc2s1. The second-order valence-corrected chi connectivity index (χ2v) is 8.89. The van der Waals surface area contributed by atoms with E-state index in [4.69, 9.17) is 4.74 Å². The summed E-state index contributed by atoms with van der Waals surface area (Å²) in [6.07, 6.45) is 2.34. The molecule has 2 amide bonds. The molecule has 2 fully saturated rings. The summed E-state index contributed by atoms with van der Waals surface area (Å²) in [4.78, 5) is 32.4. The maximum atomic E-state index is 13.2. The first kappa shape index (κ1) is 19.1. The number of thiazole rings is 1. The number of para-hydroxylation sites is 2. The van der Waals surface area contributed by atoms with E-state index in [1.165, 1.54) is 11.3 Å². The zero-order valence-electron chi connectivity index (χ0n) is 16.7. The Kier molecular flexibility index (Phi) is 4.90. The van der Waals surface area contributed by atoms with Gasteiger partial charge >= 0.3 is 0 Å². The fourth-order valence-electron chi connectivity index (χ4n) is 4.41. The fraction of sp³-hybridized carbons (Fsp3) is 0.348. The van der Waals surface area contributed by atoms with Crippen molar-refractivity contribution in [2.24, 2.45) is 5.92 Å². The van der Waals surface area contributed by atoms with E-state index in [-0.39, 0.29) is 23.7 Å². The van der Waals surface area contributed by atoms with Crippen LogP contribution in [0.1, 0.15) is 30.7 Å². The molecule has 1 saturated carbocycles. The highest BCUT2D eigenvalue weighted by Crippen LogP contribution is 2.51. The van der Waals surface area contributed by atoms with Gasteiger partial charge in [0.2, 0.25) is 11.8 Å². The van der Waals surface area contributed by atoms with Crippen LogP contribution in [0.15, 0.2) is 48.5 Å². The lowest BCUT2D eigenvalue weighted by atomic mass is 10.1. The van der Waals surface area contributed by atoms with E-state index < -0.39 is 6.04 Å². The van der Waals surface area contributed by atoms with E-state index in [1.54, 1.807) is 12.0 Å². The van der Waals surface area contributed by atoms with Crippen LogP contribution >= 0.6 is 11.3 Å². The highest BCUT2D eigenvalue weighted by molar-refractivity contribution is 7.22. The van der Waals surface area contributed by atoms with Crippen molar-refractivity contribution in [2.75, 3.05) is 19.0 Å². The van der Waals surface area contributed by atoms with Gasteiger partial charge in [0.1, 0.15) is 11.8 Å². The number of rotatable bonds is 5. The molecule has 1 N–H and O–H groups in total. The molecule has 7 heteroatoms. The van der Waals surface area contributed by atoms with Gasteiger partial charge in [-0.25, -0.2) is 4.98 Å². The lowest BCUT2D eigenvalue weighted by Crippen LogP contribution is -2.44. The van der Waals surface area contributed by atoms with Crippen molar-refractivity contribution in [2.45, 2.75) is 31.2 Å². The number of amides is 2. The second kappa shape index (κ2) is 7.72. The first-order chi connectivity index (χ1) is 14.7. The van der Waals surface area contributed by atoms with E-state index in [1.807, 2.05) is 48.5 Å². The molecule has 30 heavy (non-hydrogen) atoms. The van der Waals surface area contributed by atoms with Crippen molar-refractivity contribution in [1.82, 2.24) is 9.88 Å². The Bertz CT molecular complexity index is 1080. The molecule has 3 atom stereocenters. The molecule has 0 bridgehead atoms. The number of hydrogen-bond acceptors (Lipinski definition) is 5. The summed E-state index contributed by atoms with van der Waals surface area (Å²) < 4.78 is 6.49. The highest BCUT2D eigenvalue weighted by Gasteiger charge is 2.49. The van der Waals surface area contributed by atoms with Crippen LogP contribution in [0.2, 0.25) is 0 Å². The Morgan fingerprint density at radius 1 is 1.17 bits per heavy atom. The van der Waals surface area contributed by atoms with Gasteiger partial charge in [0.05, 0.1) is 17.3 Å². The van der Waals surface area contributed by atoms with Crippen LogP contribution in [0, 0.1) is 5.92 Å². The molecule has 154 valence electrons. The summed E-state index contributed by atoms with van der Waals surface area (Å²) in [5, 5.41) is 3.52. The number of nitrogens with zero attached hydrogens (tertiary/aromatic N) is 2. The molecule has 1 aromatic heterocycles. The van der Waals surface area contributed by atoms with Crippen LogP contribution in [0.25, 0.3) is 10.2 Å². The molecular weight excluding hydrogens is 398 g/mol. The lowest BCUT2D eigenvalue weighted by molar-refractivity contribution is -0.137. The Morgan fingerprint density at radius 3 is 2.80 bits per heavy atom. The van der Waals surface area contributed by atoms with Gasteiger partial charge in [-0.1, -0.05) is 41.7 Å². The zero-order chi connectivity index (χ0) is 20.7. The number of aromatic nitrogens is 1. The fourth-order valence-corrected chi connectivity index (χ4v) is 5.28. The largest absolute Gasteiger partial charge is 0.496 e. The van der Waals surface area contributed by atoms with E-state index >= 15 is 0 Å². The standard InChI is InChI=1S/C23H23N3O3S/c1-29-19-10-4-2-7-14(19)15-13-16(15)22(28)26-12-6-9-18(26)21(27)25-23-24-17-8-3-5-11-20(17)30-23/h2-5,7-8,10-11,15-16,18H,6,9,12-13H2,1H3,(H,24,25,27). The zero-order valence-corrected chi connectivity index (χ0v) is 17.5. The summed E-state index contributed by atoms with van der Waals surface area (Å²) >= 11 is 1.45. The molecule has 2 aromatic carbocycles. The summed E-state index contributed by atoms with van der Waals surface area (Å²) in [5.41, 5.74) is 1.95. The van der Waals surface area contributed by atoms with Crippen molar-refractivity contribution in [3.63, 3.8) is 0 Å². The molecular formula is C23H23N3O3S. The Hall–Kier alpha value is -2.93. The van der Waals surface area contributed by atoms with Crippen LogP contribution in [0.4, 0.5) is 5.13 Å². The molecule has 0 radical (unpaired) electrons. The summed E-state index contributed by atoms with van der Waals surface area (Å²) in [6.45, 7) is 0.631. The quantitative estimate of drug-likeness (QED) is 0.675. The van der Waals surface area contributed by atoms with Crippen LogP contribution in [-0.2, 0) is 9.59 Å². The molecule has 5 rings (SSSR count). The van der Waals surface area contributed by atoms with Crippen molar-refractivity contribution >= 4 is 38.5 Å². The predicted molar refractivity (Wildman–Crippen MR) is 117 cm³/mol. The highest BCUT2D eigenvalue weighted by atomic mass is 32.1. The normalized spacial score (nSPS) is 22.8. The number of anilines is 1. The van der Waals surface area contributed by atoms with Gasteiger partial charge in [-0.15, -0.1) is 0 Å². The topological polar surface area (TPSA) is 71.5 Å². The third kappa shape index (κ3) is 3.43. The maximum absolute atomic E-state index is 13.2. The summed E-state index contributed by atoms with van der Waals surface area (Å²) in [5.74, 6) is 0.853. The maximum Gasteiger partial charge on any atom is 0.248 e. The number of ether oxygens (including phenoxy) is 1. The minimum atomic E-state index is -0.427. The number of carbonyl (C=O) groups is 2. The Morgan fingerprint density at radius 2 is 1.97 bits per heavy atom. The summed E-state index contributed by atoms with van der Waals surface area (Å²) in [7, 11) is 1.65. The van der Waals surface area contributed by atoms with E-state index in [9.17, 15) is 9.59 Å². The summed E-state index contributed by atoms with van der Waals surface area (Å²) in [6, 6.07) is 15.2. The van der Waals surface area contributed by atoms with Gasteiger partial charge in [0.25, 0.3) is 0 Å². The number of hydrogen-bond donors (Lipinski definition) is 1. The van der Waals surface area contributed by atoms with E-state index in [0.717, 1.165) is 34.4 Å². The third-order valence-corrected chi connectivity index (χ3v) is 6.96. The molecule has 6 nitrogen and oxygen atoms in total. The second-order valence-electron chi connectivity index (χ2n) is 7.86. The number of benzene rings is 2. The number of methoxy groups -OCH3 is 1. The van der Waals surface area contributed by atoms with Gasteiger partial charge in [-0.2, -0.15) is 0 Å². The molecule has 2 aliphatic rings. The molecule has 1 aliphatic heterocycles. The third-order valence-electron chi connectivity index (χ3n) is 6.01. The van der Waals surface area contributed by atoms with Gasteiger partial charge in [0.15, 0.2) is 5.13 Å². The van der Waals surface area contributed by atoms with Gasteiger partial charge in [0, 0.05) is 12.5 Å². The number of likely N-dealkylation sites (tertiary alicyclic amines) is 1. The molecule has 2 heterocycles. The van der Waals surface area contributed by atoms with Crippen LogP contribution in [0.3, 0.4) is 0 Å². The Labute approximate surface area is 178 Å². The van der Waals surface area contributed by atoms with Gasteiger partial charge < -0.3 is 15.0 Å². The molecule has 1 aliphatic carbocycles. The average molecular weight is 422 g/mol. The number of fused-ring (bicyclic) bond motifs is 1. The minimum Gasteiger partial charge on any atom is -0.496 e. The number of carbonyl (C=O) groups excluding carboxylic acids is 2. The van der Waals surface area contributed by atoms with Crippen LogP contribution in [-0.4, -0.2) is 41.4 Å². The van der Waals surface area contributed by atoms with Crippen molar-refractivity contribution in [3.05, 3.63) is 54.1 Å². The first-order valence-corrected chi connectivity index (χ1v) is 11.1. The molecule has 0 spiro atoms. The van der Waals surface area contributed by atoms with E-state index in [2.05, 4.69) is 10.3 Å². The van der Waals surface area contributed by atoms with Crippen LogP contribution in [0.5, 0.6) is 5.75 Å². The minimum absolute atomic E-state index is 0.0721. The van der Waals surface area contributed by atoms with Crippen LogP contribution < -0.4 is 10.1 Å². The number of nitrogens with one attached hydrogen (secondary N) is 1. The first-order valence-electron chi connectivity index (χ1n) is 10.3. The molecule has 3 unspecified atom stereocenters. The molecule has 3 aromatic rings. The van der Waals surface area contributed by atoms with Crippen molar-refractivity contribution in [3.8, 4) is 5.75 Å². The van der Waals surface area contributed by atoms with E-state index in [0.29, 0.717) is 18.1 Å². The van der Waals surface area contributed by atoms with Gasteiger partial charge in [-0.3, -0.25) is 9.59 Å². The molecule has 1 saturated heterocycles. The van der Waals surface area contributed by atoms with Crippen molar-refractivity contribution in [1.29, 1.82) is 0 Å². The van der Waals surface area contributed by atoms with Crippen molar-refractivity contribution < 1.29 is 14.3 Å². The average Bonchev–Trinajstić information content (AvgIpc) is 3.21.